The fraction of sp³-hybridized carbons (Fsp3) is 0.350. The van der Waals surface area contributed by atoms with Gasteiger partial charge in [-0.1, -0.05) is 24.3 Å². The van der Waals surface area contributed by atoms with Gasteiger partial charge in [0.25, 0.3) is 5.91 Å². The SMILES string of the molecule is O=C(NCCN1CCc2ccccc2C1)c1ccc2c(c1)CCO2. The van der Waals surface area contributed by atoms with Gasteiger partial charge in [-0.3, -0.25) is 9.69 Å². The Hall–Kier alpha value is -2.33. The molecule has 2 aromatic carbocycles. The van der Waals surface area contributed by atoms with Crippen molar-refractivity contribution in [1.82, 2.24) is 10.2 Å². The second-order valence-electron chi connectivity index (χ2n) is 6.47. The van der Waals surface area contributed by atoms with Gasteiger partial charge in [-0.25, -0.2) is 0 Å². The summed E-state index contributed by atoms with van der Waals surface area (Å²) in [5.41, 5.74) is 4.73. The largest absolute Gasteiger partial charge is 0.493 e. The summed E-state index contributed by atoms with van der Waals surface area (Å²) in [5, 5.41) is 3.04. The summed E-state index contributed by atoms with van der Waals surface area (Å²) >= 11 is 0. The van der Waals surface area contributed by atoms with Crippen LogP contribution in [0.1, 0.15) is 27.0 Å². The van der Waals surface area contributed by atoms with Crippen LogP contribution in [0.5, 0.6) is 5.75 Å². The number of ether oxygens (including phenoxy) is 1. The second-order valence-corrected chi connectivity index (χ2v) is 6.47. The predicted octanol–water partition coefficient (Wildman–Crippen LogP) is 2.41. The minimum atomic E-state index is 0.00195. The van der Waals surface area contributed by atoms with Crippen molar-refractivity contribution < 1.29 is 9.53 Å². The molecule has 0 radical (unpaired) electrons. The van der Waals surface area contributed by atoms with E-state index in [1.807, 2.05) is 18.2 Å². The molecule has 0 aromatic heterocycles. The first-order valence-electron chi connectivity index (χ1n) is 8.63. The molecule has 0 saturated heterocycles. The number of nitrogens with one attached hydrogen (secondary N) is 1. The number of hydrogen-bond donors (Lipinski definition) is 1. The Morgan fingerprint density at radius 2 is 1.96 bits per heavy atom. The lowest BCUT2D eigenvalue weighted by molar-refractivity contribution is 0.0947. The smallest absolute Gasteiger partial charge is 0.251 e. The van der Waals surface area contributed by atoms with Gasteiger partial charge in [0.2, 0.25) is 0 Å². The van der Waals surface area contributed by atoms with Gasteiger partial charge in [-0.15, -0.1) is 0 Å². The molecule has 0 saturated carbocycles. The van der Waals surface area contributed by atoms with E-state index in [1.165, 1.54) is 11.1 Å². The first kappa shape index (κ1) is 15.2. The Morgan fingerprint density at radius 1 is 1.08 bits per heavy atom. The van der Waals surface area contributed by atoms with Crippen molar-refractivity contribution in [2.24, 2.45) is 0 Å². The van der Waals surface area contributed by atoms with E-state index in [2.05, 4.69) is 34.5 Å². The summed E-state index contributed by atoms with van der Waals surface area (Å²) in [6.07, 6.45) is 1.98. The zero-order chi connectivity index (χ0) is 16.4. The van der Waals surface area contributed by atoms with Gasteiger partial charge in [-0.2, -0.15) is 0 Å². The van der Waals surface area contributed by atoms with E-state index in [1.54, 1.807) is 0 Å². The molecule has 1 amide bonds. The summed E-state index contributed by atoms with van der Waals surface area (Å²) < 4.78 is 5.48. The Bertz CT molecular complexity index is 757. The van der Waals surface area contributed by atoms with Crippen LogP contribution in [0.3, 0.4) is 0 Å². The Labute approximate surface area is 142 Å². The maximum Gasteiger partial charge on any atom is 0.251 e. The van der Waals surface area contributed by atoms with Crippen LogP contribution in [0.15, 0.2) is 42.5 Å². The number of carbonyl (C=O) groups excluding carboxylic acids is 1. The molecule has 2 aromatic rings. The first-order valence-corrected chi connectivity index (χ1v) is 8.63. The Kier molecular flexibility index (Phi) is 4.22. The molecule has 124 valence electrons. The van der Waals surface area contributed by atoms with Crippen LogP contribution in [0.2, 0.25) is 0 Å². The van der Waals surface area contributed by atoms with Crippen molar-refractivity contribution in [2.75, 3.05) is 26.2 Å². The zero-order valence-corrected chi connectivity index (χ0v) is 13.8. The molecular weight excluding hydrogens is 300 g/mol. The molecule has 0 bridgehead atoms. The molecule has 0 fully saturated rings. The monoisotopic (exact) mass is 322 g/mol. The lowest BCUT2D eigenvalue weighted by Crippen LogP contribution is -2.37. The summed E-state index contributed by atoms with van der Waals surface area (Å²) in [5.74, 6) is 0.917. The van der Waals surface area contributed by atoms with Crippen LogP contribution >= 0.6 is 0 Å². The number of amides is 1. The molecule has 0 spiro atoms. The third-order valence-electron chi connectivity index (χ3n) is 4.87. The van der Waals surface area contributed by atoms with Gasteiger partial charge in [0.05, 0.1) is 6.61 Å². The summed E-state index contributed by atoms with van der Waals surface area (Å²) in [4.78, 5) is 14.7. The van der Waals surface area contributed by atoms with E-state index in [4.69, 9.17) is 4.74 Å². The minimum Gasteiger partial charge on any atom is -0.493 e. The lowest BCUT2D eigenvalue weighted by Gasteiger charge is -2.28. The van der Waals surface area contributed by atoms with Crippen molar-refractivity contribution in [3.05, 3.63) is 64.7 Å². The molecule has 0 unspecified atom stereocenters. The van der Waals surface area contributed by atoms with Crippen molar-refractivity contribution in [3.63, 3.8) is 0 Å². The molecule has 0 aliphatic carbocycles. The normalized spacial score (nSPS) is 16.2. The average Bonchev–Trinajstić information content (AvgIpc) is 3.09. The lowest BCUT2D eigenvalue weighted by atomic mass is 10.00. The molecule has 2 aliphatic rings. The Morgan fingerprint density at radius 3 is 2.88 bits per heavy atom. The topological polar surface area (TPSA) is 41.6 Å². The van der Waals surface area contributed by atoms with Crippen LogP contribution in [0, 0.1) is 0 Å². The second kappa shape index (κ2) is 6.65. The molecule has 4 nitrogen and oxygen atoms in total. The number of nitrogens with zero attached hydrogens (tertiary/aromatic N) is 1. The molecule has 1 N–H and O–H groups in total. The average molecular weight is 322 g/mol. The van der Waals surface area contributed by atoms with Crippen molar-refractivity contribution in [2.45, 2.75) is 19.4 Å². The van der Waals surface area contributed by atoms with Crippen molar-refractivity contribution in [1.29, 1.82) is 0 Å². The van der Waals surface area contributed by atoms with Crippen LogP contribution < -0.4 is 10.1 Å². The molecular formula is C20H22N2O2. The van der Waals surface area contributed by atoms with E-state index in [0.29, 0.717) is 6.54 Å². The van der Waals surface area contributed by atoms with Gasteiger partial charge >= 0.3 is 0 Å². The summed E-state index contributed by atoms with van der Waals surface area (Å²) in [7, 11) is 0. The first-order chi connectivity index (χ1) is 11.8. The minimum absolute atomic E-state index is 0.00195. The highest BCUT2D eigenvalue weighted by Gasteiger charge is 2.17. The van der Waals surface area contributed by atoms with Crippen LogP contribution in [-0.2, 0) is 19.4 Å². The number of hydrogen-bond acceptors (Lipinski definition) is 3. The molecule has 2 aliphatic heterocycles. The van der Waals surface area contributed by atoms with E-state index in [9.17, 15) is 4.79 Å². The van der Waals surface area contributed by atoms with Crippen LogP contribution in [0.25, 0.3) is 0 Å². The molecule has 0 atom stereocenters. The van der Waals surface area contributed by atoms with Gasteiger partial charge in [-0.05, 0) is 41.3 Å². The van der Waals surface area contributed by atoms with Gasteiger partial charge in [0.15, 0.2) is 0 Å². The van der Waals surface area contributed by atoms with Gasteiger partial charge < -0.3 is 10.1 Å². The third-order valence-corrected chi connectivity index (χ3v) is 4.87. The van der Waals surface area contributed by atoms with E-state index >= 15 is 0 Å². The van der Waals surface area contributed by atoms with Gasteiger partial charge in [0.1, 0.15) is 5.75 Å². The summed E-state index contributed by atoms with van der Waals surface area (Å²) in [6.45, 7) is 4.31. The quantitative estimate of drug-likeness (QED) is 0.940. The number of carbonyl (C=O) groups is 1. The highest BCUT2D eigenvalue weighted by atomic mass is 16.5. The predicted molar refractivity (Wildman–Crippen MR) is 93.4 cm³/mol. The molecule has 4 heteroatoms. The molecule has 2 heterocycles. The van der Waals surface area contributed by atoms with E-state index < -0.39 is 0 Å². The Balaban J connectivity index is 1.29. The third kappa shape index (κ3) is 3.15. The van der Waals surface area contributed by atoms with Crippen molar-refractivity contribution in [3.8, 4) is 5.75 Å². The molecule has 24 heavy (non-hydrogen) atoms. The molecule has 4 rings (SSSR count). The number of benzene rings is 2. The highest BCUT2D eigenvalue weighted by molar-refractivity contribution is 5.94. The standard InChI is InChI=1S/C20H22N2O2/c23-20(17-5-6-19-16(13-17)8-12-24-19)21-9-11-22-10-7-15-3-1-2-4-18(15)14-22/h1-6,13H,7-12,14H2,(H,21,23). The number of rotatable bonds is 4. The maximum absolute atomic E-state index is 12.3. The summed E-state index contributed by atoms with van der Waals surface area (Å²) in [6, 6.07) is 14.3. The van der Waals surface area contributed by atoms with Crippen molar-refractivity contribution >= 4 is 5.91 Å². The van der Waals surface area contributed by atoms with E-state index in [0.717, 1.165) is 56.0 Å². The van der Waals surface area contributed by atoms with E-state index in [-0.39, 0.29) is 5.91 Å². The maximum atomic E-state index is 12.3. The van der Waals surface area contributed by atoms with Gasteiger partial charge in [0, 0.05) is 38.2 Å². The zero-order valence-electron chi connectivity index (χ0n) is 13.8. The number of fused-ring (bicyclic) bond motifs is 2. The fourth-order valence-electron chi connectivity index (χ4n) is 3.50. The fourth-order valence-corrected chi connectivity index (χ4v) is 3.50. The van der Waals surface area contributed by atoms with Crippen LogP contribution in [0.4, 0.5) is 0 Å². The highest BCUT2D eigenvalue weighted by Crippen LogP contribution is 2.25. The van der Waals surface area contributed by atoms with Crippen LogP contribution in [-0.4, -0.2) is 37.0 Å².